The van der Waals surface area contributed by atoms with Crippen molar-refractivity contribution in [2.75, 3.05) is 36.4 Å². The molecular formula is C24H23F2N7S. The lowest BCUT2D eigenvalue weighted by Crippen LogP contribution is -2.43. The van der Waals surface area contributed by atoms with E-state index in [1.54, 1.807) is 18.2 Å². The smallest absolute Gasteiger partial charge is 0.184 e. The summed E-state index contributed by atoms with van der Waals surface area (Å²) in [5.41, 5.74) is 3.97. The Hall–Kier alpha value is -3.55. The zero-order valence-electron chi connectivity index (χ0n) is 18.6. The van der Waals surface area contributed by atoms with Gasteiger partial charge in [-0.15, -0.1) is 0 Å². The normalized spacial score (nSPS) is 13.9. The number of nitrogens with one attached hydrogen (secondary N) is 2. The van der Waals surface area contributed by atoms with Gasteiger partial charge in [-0.05, 0) is 30.7 Å². The lowest BCUT2D eigenvalue weighted by atomic mass is 10.1. The summed E-state index contributed by atoms with van der Waals surface area (Å²) in [7, 11) is 0. The van der Waals surface area contributed by atoms with Crippen molar-refractivity contribution in [2.45, 2.75) is 19.9 Å². The number of pyridine rings is 1. The van der Waals surface area contributed by atoms with Crippen LogP contribution in [0.5, 0.6) is 0 Å². The summed E-state index contributed by atoms with van der Waals surface area (Å²) in [6.45, 7) is 5.71. The predicted octanol–water partition coefficient (Wildman–Crippen LogP) is 4.19. The average molecular weight is 480 g/mol. The van der Waals surface area contributed by atoms with Crippen LogP contribution in [0.4, 0.5) is 19.6 Å². The second-order valence-corrected chi connectivity index (χ2v) is 9.00. The number of rotatable bonds is 6. The van der Waals surface area contributed by atoms with Crippen LogP contribution in [-0.2, 0) is 13.0 Å². The molecule has 1 fully saturated rings. The highest BCUT2D eigenvalue weighted by Gasteiger charge is 2.19. The number of thiazole rings is 1. The van der Waals surface area contributed by atoms with Gasteiger partial charge in [-0.1, -0.05) is 18.3 Å². The van der Waals surface area contributed by atoms with Crippen LogP contribution in [0.15, 0.2) is 36.5 Å². The van der Waals surface area contributed by atoms with Crippen molar-refractivity contribution < 1.29 is 8.78 Å². The molecule has 1 aromatic carbocycles. The number of aryl methyl sites for hydroxylation is 1. The minimum Gasteiger partial charge on any atom is -0.368 e. The SMILES string of the molecule is CCc1nc2c(F)cc(N3CCNCC3)cn2c1CNc1nc(-c2ccc(F)cc2)c(C#N)s1. The Balaban J connectivity index is 1.46. The van der Waals surface area contributed by atoms with Crippen molar-refractivity contribution in [1.29, 1.82) is 5.26 Å². The van der Waals surface area contributed by atoms with Gasteiger partial charge < -0.3 is 15.5 Å². The second-order valence-electron chi connectivity index (χ2n) is 8.00. The van der Waals surface area contributed by atoms with E-state index in [0.29, 0.717) is 39.9 Å². The molecule has 34 heavy (non-hydrogen) atoms. The molecule has 0 aliphatic carbocycles. The van der Waals surface area contributed by atoms with Crippen LogP contribution in [-0.4, -0.2) is 40.5 Å². The molecule has 1 saturated heterocycles. The Bertz CT molecular complexity index is 1360. The lowest BCUT2D eigenvalue weighted by Gasteiger charge is -2.29. The fourth-order valence-corrected chi connectivity index (χ4v) is 4.97. The number of hydrogen-bond donors (Lipinski definition) is 2. The summed E-state index contributed by atoms with van der Waals surface area (Å²) in [4.78, 5) is 11.7. The first-order chi connectivity index (χ1) is 16.6. The second kappa shape index (κ2) is 9.37. The number of piperazine rings is 1. The number of hydrogen-bond acceptors (Lipinski definition) is 7. The lowest BCUT2D eigenvalue weighted by molar-refractivity contribution is 0.583. The number of nitrogens with zero attached hydrogens (tertiary/aromatic N) is 5. The van der Waals surface area contributed by atoms with E-state index in [1.807, 2.05) is 17.5 Å². The maximum absolute atomic E-state index is 15.0. The molecule has 2 N–H and O–H groups in total. The van der Waals surface area contributed by atoms with Gasteiger partial charge in [-0.2, -0.15) is 5.26 Å². The number of halogens is 2. The van der Waals surface area contributed by atoms with Gasteiger partial charge in [0.05, 0.1) is 23.6 Å². The maximum Gasteiger partial charge on any atom is 0.184 e. The van der Waals surface area contributed by atoms with Gasteiger partial charge in [0.2, 0.25) is 0 Å². The zero-order chi connectivity index (χ0) is 23.7. The van der Waals surface area contributed by atoms with Gasteiger partial charge in [0, 0.05) is 44.0 Å². The van der Waals surface area contributed by atoms with Crippen LogP contribution in [0, 0.1) is 23.0 Å². The topological polar surface area (TPSA) is 81.3 Å². The fraction of sp³-hybridized carbons (Fsp3) is 0.292. The van der Waals surface area contributed by atoms with Gasteiger partial charge in [0.15, 0.2) is 16.6 Å². The molecule has 0 unspecified atom stereocenters. The van der Waals surface area contributed by atoms with Crippen LogP contribution >= 0.6 is 11.3 Å². The van der Waals surface area contributed by atoms with Crippen molar-refractivity contribution in [3.05, 3.63) is 64.4 Å². The van der Waals surface area contributed by atoms with E-state index in [-0.39, 0.29) is 11.6 Å². The minimum absolute atomic E-state index is 0.302. The molecule has 4 heterocycles. The number of nitriles is 1. The average Bonchev–Trinajstić information content (AvgIpc) is 3.45. The summed E-state index contributed by atoms with van der Waals surface area (Å²) in [5, 5.41) is 16.7. The van der Waals surface area contributed by atoms with Crippen LogP contribution in [0.25, 0.3) is 16.9 Å². The molecule has 0 amide bonds. The summed E-state index contributed by atoms with van der Waals surface area (Å²) in [6, 6.07) is 9.63. The molecule has 0 spiro atoms. The Labute approximate surface area is 199 Å². The maximum atomic E-state index is 15.0. The molecular weight excluding hydrogens is 456 g/mol. The molecule has 10 heteroatoms. The summed E-state index contributed by atoms with van der Waals surface area (Å²) in [6.07, 6.45) is 2.60. The molecule has 3 aromatic heterocycles. The Kier molecular flexibility index (Phi) is 6.13. The Morgan fingerprint density at radius 1 is 1.18 bits per heavy atom. The van der Waals surface area contributed by atoms with Crippen LogP contribution in [0.1, 0.15) is 23.2 Å². The number of aromatic nitrogens is 3. The molecule has 1 aliphatic rings. The number of fused-ring (bicyclic) bond motifs is 1. The molecule has 0 saturated carbocycles. The van der Waals surface area contributed by atoms with Gasteiger partial charge in [0.1, 0.15) is 22.5 Å². The fourth-order valence-electron chi connectivity index (χ4n) is 4.19. The molecule has 7 nitrogen and oxygen atoms in total. The van der Waals surface area contributed by atoms with Crippen molar-refractivity contribution in [3.63, 3.8) is 0 Å². The molecule has 0 bridgehead atoms. The van der Waals surface area contributed by atoms with E-state index in [1.165, 1.54) is 23.5 Å². The minimum atomic E-state index is -0.350. The summed E-state index contributed by atoms with van der Waals surface area (Å²) >= 11 is 1.23. The van der Waals surface area contributed by atoms with E-state index in [9.17, 15) is 14.0 Å². The predicted molar refractivity (Wildman–Crippen MR) is 129 cm³/mol. The third-order valence-corrected chi connectivity index (χ3v) is 6.83. The van der Waals surface area contributed by atoms with Crippen molar-refractivity contribution in [3.8, 4) is 17.3 Å². The first-order valence-corrected chi connectivity index (χ1v) is 11.9. The molecule has 1 aliphatic heterocycles. The van der Waals surface area contributed by atoms with Crippen molar-refractivity contribution in [1.82, 2.24) is 19.7 Å². The molecule has 0 atom stereocenters. The van der Waals surface area contributed by atoms with E-state index in [4.69, 9.17) is 0 Å². The highest BCUT2D eigenvalue weighted by molar-refractivity contribution is 7.16. The van der Waals surface area contributed by atoms with Crippen LogP contribution < -0.4 is 15.5 Å². The standard InChI is InChI=1S/C24H23F2N7S/c1-2-19-20(33-14-17(11-18(26)23(33)30-19)32-9-7-28-8-10-32)13-29-24-31-22(21(12-27)34-24)15-3-5-16(25)6-4-15/h3-6,11,14,28H,2,7-10,13H2,1H3,(H,29,31). The first kappa shape index (κ1) is 22.3. The van der Waals surface area contributed by atoms with Gasteiger partial charge in [-0.3, -0.25) is 4.40 Å². The van der Waals surface area contributed by atoms with Crippen LogP contribution in [0.3, 0.4) is 0 Å². The molecule has 5 rings (SSSR count). The molecule has 0 radical (unpaired) electrons. The van der Waals surface area contributed by atoms with Gasteiger partial charge >= 0.3 is 0 Å². The summed E-state index contributed by atoms with van der Waals surface area (Å²) in [5.74, 6) is -0.695. The zero-order valence-corrected chi connectivity index (χ0v) is 19.4. The summed E-state index contributed by atoms with van der Waals surface area (Å²) < 4.78 is 30.1. The van der Waals surface area contributed by atoms with E-state index < -0.39 is 0 Å². The van der Waals surface area contributed by atoms with E-state index in [0.717, 1.165) is 43.3 Å². The third kappa shape index (κ3) is 4.20. The van der Waals surface area contributed by atoms with Crippen LogP contribution in [0.2, 0.25) is 0 Å². The highest BCUT2D eigenvalue weighted by Crippen LogP contribution is 2.31. The molecule has 174 valence electrons. The number of imidazole rings is 1. The third-order valence-electron chi connectivity index (χ3n) is 5.91. The van der Waals surface area contributed by atoms with E-state index in [2.05, 4.69) is 31.6 Å². The Morgan fingerprint density at radius 3 is 2.65 bits per heavy atom. The van der Waals surface area contributed by atoms with Crippen molar-refractivity contribution >= 4 is 27.8 Å². The van der Waals surface area contributed by atoms with Gasteiger partial charge in [0.25, 0.3) is 0 Å². The highest BCUT2D eigenvalue weighted by atomic mass is 32.1. The molecule has 4 aromatic rings. The number of benzene rings is 1. The van der Waals surface area contributed by atoms with Crippen molar-refractivity contribution in [2.24, 2.45) is 0 Å². The van der Waals surface area contributed by atoms with Gasteiger partial charge in [-0.25, -0.2) is 18.7 Å². The largest absolute Gasteiger partial charge is 0.368 e. The quantitative estimate of drug-likeness (QED) is 0.432. The van der Waals surface area contributed by atoms with E-state index >= 15 is 0 Å². The number of anilines is 2. The first-order valence-electron chi connectivity index (χ1n) is 11.1. The monoisotopic (exact) mass is 479 g/mol. The Morgan fingerprint density at radius 2 is 1.94 bits per heavy atom.